The van der Waals surface area contributed by atoms with Crippen LogP contribution in [0.5, 0.6) is 0 Å². The lowest BCUT2D eigenvalue weighted by molar-refractivity contribution is -0.161. The van der Waals surface area contributed by atoms with E-state index in [1.54, 1.807) is 0 Å². The molecular weight excluding hydrogens is 1310 g/mol. The minimum absolute atomic E-state index is 0.107. The Bertz CT molecular complexity index is 1910. The van der Waals surface area contributed by atoms with Crippen LogP contribution in [0.1, 0.15) is 433 Å². The SMILES string of the molecule is CCCCCCCCCCCCCCCCCCCCCCC(=O)O[C@H](COC(=O)CCCCCCCCCCCCCCCCCCCC)COP(=O)(O)OC[C@@H](O)COP(=O)(O)OC[C@@H](COC(=O)CCCCCCCCCC)OC(=O)CCCCCCCCCCCCC(C)CC. The van der Waals surface area contributed by atoms with Crippen LogP contribution in [0.15, 0.2) is 0 Å². The minimum atomic E-state index is -4.96. The van der Waals surface area contributed by atoms with Crippen molar-refractivity contribution in [3.05, 3.63) is 0 Å². The number of aliphatic hydroxyl groups is 1. The van der Waals surface area contributed by atoms with Gasteiger partial charge in [-0.05, 0) is 31.6 Å². The number of phosphoric ester groups is 2. The van der Waals surface area contributed by atoms with Crippen LogP contribution >= 0.6 is 15.6 Å². The van der Waals surface area contributed by atoms with Gasteiger partial charge in [-0.1, -0.05) is 381 Å². The molecule has 19 heteroatoms. The highest BCUT2D eigenvalue weighted by molar-refractivity contribution is 7.47. The van der Waals surface area contributed by atoms with Gasteiger partial charge in [-0.2, -0.15) is 0 Å². The van der Waals surface area contributed by atoms with Crippen molar-refractivity contribution < 1.29 is 80.2 Å². The first-order valence-electron chi connectivity index (χ1n) is 42.2. The van der Waals surface area contributed by atoms with Gasteiger partial charge in [0.05, 0.1) is 26.4 Å². The molecule has 0 aliphatic heterocycles. The van der Waals surface area contributed by atoms with Gasteiger partial charge in [0.1, 0.15) is 19.3 Å². The molecule has 0 aliphatic rings. The zero-order valence-corrected chi connectivity index (χ0v) is 67.1. The van der Waals surface area contributed by atoms with E-state index in [1.807, 2.05) is 0 Å². The molecule has 0 rings (SSSR count). The zero-order valence-electron chi connectivity index (χ0n) is 65.3. The maximum Gasteiger partial charge on any atom is 0.472 e. The maximum absolute atomic E-state index is 13.1. The van der Waals surface area contributed by atoms with E-state index < -0.39 is 97.5 Å². The lowest BCUT2D eigenvalue weighted by atomic mass is 9.99. The highest BCUT2D eigenvalue weighted by Crippen LogP contribution is 2.45. The molecule has 0 heterocycles. The van der Waals surface area contributed by atoms with Crippen molar-refractivity contribution in [3.8, 4) is 0 Å². The third-order valence-corrected chi connectivity index (χ3v) is 21.3. The fourth-order valence-corrected chi connectivity index (χ4v) is 14.1. The van der Waals surface area contributed by atoms with E-state index in [1.165, 1.54) is 250 Å². The van der Waals surface area contributed by atoms with Gasteiger partial charge in [-0.25, -0.2) is 9.13 Å². The van der Waals surface area contributed by atoms with E-state index >= 15 is 0 Å². The molecule has 17 nitrogen and oxygen atoms in total. The summed E-state index contributed by atoms with van der Waals surface area (Å²) in [5, 5.41) is 10.6. The highest BCUT2D eigenvalue weighted by atomic mass is 31.2. The smallest absolute Gasteiger partial charge is 0.462 e. The molecule has 0 aromatic carbocycles. The summed E-state index contributed by atoms with van der Waals surface area (Å²) in [4.78, 5) is 72.9. The number of esters is 4. The Morgan fingerprint density at radius 3 is 0.710 bits per heavy atom. The molecular formula is C81H158O17P2. The minimum Gasteiger partial charge on any atom is -0.462 e. The molecule has 0 saturated heterocycles. The van der Waals surface area contributed by atoms with Gasteiger partial charge < -0.3 is 33.8 Å². The van der Waals surface area contributed by atoms with Crippen LogP contribution < -0.4 is 0 Å². The van der Waals surface area contributed by atoms with Crippen LogP contribution in [0.4, 0.5) is 0 Å². The molecule has 0 bridgehead atoms. The second-order valence-corrected chi connectivity index (χ2v) is 32.3. The number of hydrogen-bond donors (Lipinski definition) is 3. The molecule has 0 spiro atoms. The summed E-state index contributed by atoms with van der Waals surface area (Å²) in [6, 6.07) is 0. The van der Waals surface area contributed by atoms with Crippen LogP contribution in [0.2, 0.25) is 0 Å². The standard InChI is InChI=1S/C81H158O17P2/c1-6-10-13-16-19-22-24-26-28-30-32-33-35-37-39-41-46-51-56-61-66-80(85)98-77(71-92-79(84)65-60-55-50-45-40-38-36-34-31-29-27-25-23-20-17-14-11-7-2)73-96-100(89,90)94-69-75(82)68-93-99(87,88)95-72-76(70-91-78(83)64-59-54-49-21-18-15-12-8-3)97-81(86)67-62-57-52-47-43-42-44-48-53-58-63-74(5)9-4/h74-77,82H,6-73H2,1-5H3,(H,87,88)(H,89,90)/t74?,75-,76+,77+/m0/s1. The van der Waals surface area contributed by atoms with E-state index in [0.717, 1.165) is 102 Å². The van der Waals surface area contributed by atoms with E-state index in [2.05, 4.69) is 34.6 Å². The fourth-order valence-electron chi connectivity index (χ4n) is 12.6. The Morgan fingerprint density at radius 2 is 0.480 bits per heavy atom. The van der Waals surface area contributed by atoms with Crippen LogP contribution in [-0.2, 0) is 65.4 Å². The molecule has 594 valence electrons. The molecule has 3 N–H and O–H groups in total. The van der Waals surface area contributed by atoms with E-state index in [4.69, 9.17) is 37.0 Å². The van der Waals surface area contributed by atoms with Crippen molar-refractivity contribution in [3.63, 3.8) is 0 Å². The summed E-state index contributed by atoms with van der Waals surface area (Å²) in [7, 11) is -9.91. The number of hydrogen-bond acceptors (Lipinski definition) is 15. The summed E-state index contributed by atoms with van der Waals surface area (Å²) in [6.45, 7) is 7.32. The number of carbonyl (C=O) groups is 4. The Balaban J connectivity index is 5.20. The topological polar surface area (TPSA) is 237 Å². The summed E-state index contributed by atoms with van der Waals surface area (Å²) < 4.78 is 68.6. The first-order chi connectivity index (χ1) is 48.6. The van der Waals surface area contributed by atoms with Gasteiger partial charge >= 0.3 is 39.5 Å². The summed E-state index contributed by atoms with van der Waals surface area (Å²) >= 11 is 0. The van der Waals surface area contributed by atoms with E-state index in [-0.39, 0.29) is 25.7 Å². The Kier molecular flexibility index (Phi) is 72.5. The monoisotopic (exact) mass is 1470 g/mol. The average molecular weight is 1470 g/mol. The van der Waals surface area contributed by atoms with Crippen LogP contribution in [0.3, 0.4) is 0 Å². The fraction of sp³-hybridized carbons (Fsp3) is 0.951. The first kappa shape index (κ1) is 98.1. The molecule has 0 amide bonds. The molecule has 0 aliphatic carbocycles. The molecule has 0 fully saturated rings. The van der Waals surface area contributed by atoms with Crippen molar-refractivity contribution in [1.29, 1.82) is 0 Å². The van der Waals surface area contributed by atoms with Gasteiger partial charge in [-0.15, -0.1) is 0 Å². The van der Waals surface area contributed by atoms with Gasteiger partial charge in [0.2, 0.25) is 0 Å². The van der Waals surface area contributed by atoms with Crippen molar-refractivity contribution in [2.75, 3.05) is 39.6 Å². The quantitative estimate of drug-likeness (QED) is 0.0222. The highest BCUT2D eigenvalue weighted by Gasteiger charge is 2.30. The summed E-state index contributed by atoms with van der Waals surface area (Å²) in [5.41, 5.74) is 0. The normalized spacial score (nSPS) is 14.1. The number of aliphatic hydroxyl groups excluding tert-OH is 1. The maximum atomic E-state index is 13.1. The second kappa shape index (κ2) is 73.9. The third-order valence-electron chi connectivity index (χ3n) is 19.4. The van der Waals surface area contributed by atoms with Gasteiger partial charge in [0, 0.05) is 25.7 Å². The number of ether oxygens (including phenoxy) is 4. The molecule has 3 unspecified atom stereocenters. The number of phosphoric acid groups is 2. The van der Waals surface area contributed by atoms with Gasteiger partial charge in [-0.3, -0.25) is 37.3 Å². The van der Waals surface area contributed by atoms with Crippen molar-refractivity contribution in [2.45, 2.75) is 451 Å². The van der Waals surface area contributed by atoms with Crippen molar-refractivity contribution in [2.24, 2.45) is 5.92 Å². The molecule has 0 aromatic rings. The molecule has 6 atom stereocenters. The lowest BCUT2D eigenvalue weighted by Crippen LogP contribution is -2.30. The van der Waals surface area contributed by atoms with Crippen LogP contribution in [-0.4, -0.2) is 96.7 Å². The molecule has 0 radical (unpaired) electrons. The number of unbranched alkanes of at least 4 members (excludes halogenated alkanes) is 52. The Hall–Kier alpha value is -1.94. The van der Waals surface area contributed by atoms with E-state index in [9.17, 15) is 43.2 Å². The first-order valence-corrected chi connectivity index (χ1v) is 45.2. The molecule has 0 saturated carbocycles. The lowest BCUT2D eigenvalue weighted by Gasteiger charge is -2.21. The molecule has 0 aromatic heterocycles. The predicted octanol–water partition coefficient (Wildman–Crippen LogP) is 24.4. The van der Waals surface area contributed by atoms with Gasteiger partial charge in [0.25, 0.3) is 0 Å². The van der Waals surface area contributed by atoms with Crippen molar-refractivity contribution in [1.82, 2.24) is 0 Å². The van der Waals surface area contributed by atoms with Crippen LogP contribution in [0.25, 0.3) is 0 Å². The Morgan fingerprint density at radius 1 is 0.280 bits per heavy atom. The third kappa shape index (κ3) is 73.0. The van der Waals surface area contributed by atoms with E-state index in [0.29, 0.717) is 25.7 Å². The average Bonchev–Trinajstić information content (AvgIpc) is 0.934. The zero-order chi connectivity index (χ0) is 73.4. The van der Waals surface area contributed by atoms with Gasteiger partial charge in [0.15, 0.2) is 12.2 Å². The second-order valence-electron chi connectivity index (χ2n) is 29.4. The summed E-state index contributed by atoms with van der Waals surface area (Å²) in [5.74, 6) is -1.31. The van der Waals surface area contributed by atoms with Crippen LogP contribution in [0, 0.1) is 5.92 Å². The largest absolute Gasteiger partial charge is 0.472 e. The number of rotatable bonds is 81. The predicted molar refractivity (Wildman–Crippen MR) is 409 cm³/mol. The summed E-state index contributed by atoms with van der Waals surface area (Å²) in [6.07, 6.45) is 65.3. The van der Waals surface area contributed by atoms with Crippen molar-refractivity contribution >= 4 is 39.5 Å². The Labute approximate surface area is 613 Å². The molecule has 100 heavy (non-hydrogen) atoms. The number of carbonyl (C=O) groups excluding carboxylic acids is 4.